The molecule has 0 aliphatic carbocycles. The standard InChI is InChI=1S/C15H24FNO2/c1-6-17-12(10-19-15(2,3)4)11-8-7-9-13(18-5)14(11)16/h7-9,12,17H,6,10H2,1-5H3. The van der Waals surface area contributed by atoms with Gasteiger partial charge in [-0.1, -0.05) is 19.1 Å². The lowest BCUT2D eigenvalue weighted by molar-refractivity contribution is -0.0150. The van der Waals surface area contributed by atoms with E-state index in [9.17, 15) is 4.39 Å². The third kappa shape index (κ3) is 4.80. The lowest BCUT2D eigenvalue weighted by atomic mass is 10.1. The summed E-state index contributed by atoms with van der Waals surface area (Å²) >= 11 is 0. The summed E-state index contributed by atoms with van der Waals surface area (Å²) in [5, 5.41) is 3.24. The van der Waals surface area contributed by atoms with E-state index in [2.05, 4.69) is 5.32 Å². The second-order valence-electron chi connectivity index (χ2n) is 5.40. The smallest absolute Gasteiger partial charge is 0.169 e. The van der Waals surface area contributed by atoms with Gasteiger partial charge in [0.25, 0.3) is 0 Å². The largest absolute Gasteiger partial charge is 0.494 e. The first-order valence-electron chi connectivity index (χ1n) is 6.58. The summed E-state index contributed by atoms with van der Waals surface area (Å²) in [5.41, 5.74) is 0.327. The van der Waals surface area contributed by atoms with E-state index >= 15 is 0 Å². The van der Waals surface area contributed by atoms with Gasteiger partial charge in [-0.3, -0.25) is 0 Å². The zero-order valence-corrected chi connectivity index (χ0v) is 12.4. The van der Waals surface area contributed by atoms with Crippen molar-refractivity contribution >= 4 is 0 Å². The maximum absolute atomic E-state index is 14.2. The molecule has 0 saturated carbocycles. The molecule has 0 aliphatic rings. The second-order valence-corrected chi connectivity index (χ2v) is 5.40. The van der Waals surface area contributed by atoms with Crippen molar-refractivity contribution in [3.05, 3.63) is 29.6 Å². The number of nitrogens with one attached hydrogen (secondary N) is 1. The molecule has 1 aromatic carbocycles. The van der Waals surface area contributed by atoms with Gasteiger partial charge in [-0.15, -0.1) is 0 Å². The first kappa shape index (κ1) is 15.9. The van der Waals surface area contributed by atoms with Gasteiger partial charge in [0.15, 0.2) is 11.6 Å². The average molecular weight is 269 g/mol. The monoisotopic (exact) mass is 269 g/mol. The van der Waals surface area contributed by atoms with Crippen LogP contribution in [0, 0.1) is 5.82 Å². The van der Waals surface area contributed by atoms with Crippen LogP contribution in [0.1, 0.15) is 39.3 Å². The predicted molar refractivity (Wildman–Crippen MR) is 75.1 cm³/mol. The Labute approximate surface area is 115 Å². The molecule has 0 bridgehead atoms. The molecule has 1 rings (SSSR count). The Morgan fingerprint density at radius 2 is 2.00 bits per heavy atom. The Bertz CT molecular complexity index is 402. The number of methoxy groups -OCH3 is 1. The predicted octanol–water partition coefficient (Wildman–Crippen LogP) is 3.30. The molecule has 1 atom stereocenters. The number of hydrogen-bond donors (Lipinski definition) is 1. The minimum Gasteiger partial charge on any atom is -0.494 e. The minimum atomic E-state index is -0.326. The van der Waals surface area contributed by atoms with E-state index in [-0.39, 0.29) is 23.2 Å². The fraction of sp³-hybridized carbons (Fsp3) is 0.600. The molecule has 0 aromatic heterocycles. The first-order chi connectivity index (χ1) is 8.89. The number of halogens is 1. The molecule has 0 heterocycles. The van der Waals surface area contributed by atoms with Crippen molar-refractivity contribution in [1.82, 2.24) is 5.32 Å². The Balaban J connectivity index is 2.92. The summed E-state index contributed by atoms with van der Waals surface area (Å²) in [7, 11) is 1.47. The van der Waals surface area contributed by atoms with Crippen LogP contribution in [0.2, 0.25) is 0 Å². The van der Waals surface area contributed by atoms with Gasteiger partial charge in [-0.2, -0.15) is 0 Å². The zero-order valence-electron chi connectivity index (χ0n) is 12.4. The second kappa shape index (κ2) is 6.87. The Morgan fingerprint density at radius 3 is 2.53 bits per heavy atom. The van der Waals surface area contributed by atoms with Gasteiger partial charge in [0.05, 0.1) is 25.4 Å². The number of ether oxygens (including phenoxy) is 2. The molecule has 108 valence electrons. The van der Waals surface area contributed by atoms with Crippen LogP contribution < -0.4 is 10.1 Å². The van der Waals surface area contributed by atoms with E-state index in [4.69, 9.17) is 9.47 Å². The van der Waals surface area contributed by atoms with Crippen molar-refractivity contribution < 1.29 is 13.9 Å². The average Bonchev–Trinajstić information content (AvgIpc) is 2.34. The van der Waals surface area contributed by atoms with Gasteiger partial charge in [0.2, 0.25) is 0 Å². The van der Waals surface area contributed by atoms with Crippen molar-refractivity contribution in [1.29, 1.82) is 0 Å². The molecule has 0 aliphatic heterocycles. The van der Waals surface area contributed by atoms with Crippen LogP contribution in [0.5, 0.6) is 5.75 Å². The third-order valence-corrected chi connectivity index (χ3v) is 2.72. The third-order valence-electron chi connectivity index (χ3n) is 2.72. The van der Waals surface area contributed by atoms with Gasteiger partial charge in [0, 0.05) is 5.56 Å². The van der Waals surface area contributed by atoms with Crippen molar-refractivity contribution in [2.24, 2.45) is 0 Å². The molecule has 3 nitrogen and oxygen atoms in total. The van der Waals surface area contributed by atoms with Crippen LogP contribution >= 0.6 is 0 Å². The molecule has 0 spiro atoms. The molecular weight excluding hydrogens is 245 g/mol. The van der Waals surface area contributed by atoms with Gasteiger partial charge in [0.1, 0.15) is 0 Å². The minimum absolute atomic E-state index is 0.181. The van der Waals surface area contributed by atoms with E-state index in [1.807, 2.05) is 27.7 Å². The molecular formula is C15H24FNO2. The summed E-state index contributed by atoms with van der Waals surface area (Å²) in [6.45, 7) is 9.10. The van der Waals surface area contributed by atoms with Crippen LogP contribution in [-0.2, 0) is 4.74 Å². The highest BCUT2D eigenvalue weighted by molar-refractivity contribution is 5.33. The van der Waals surface area contributed by atoms with E-state index in [0.717, 1.165) is 6.54 Å². The van der Waals surface area contributed by atoms with E-state index in [1.54, 1.807) is 18.2 Å². The highest BCUT2D eigenvalue weighted by Crippen LogP contribution is 2.26. The van der Waals surface area contributed by atoms with Crippen LogP contribution in [0.3, 0.4) is 0 Å². The Kier molecular flexibility index (Phi) is 5.76. The summed E-state index contributed by atoms with van der Waals surface area (Å²) in [5.74, 6) is -0.0652. The molecule has 0 amide bonds. The molecule has 19 heavy (non-hydrogen) atoms. The highest BCUT2D eigenvalue weighted by atomic mass is 19.1. The van der Waals surface area contributed by atoms with Gasteiger partial charge < -0.3 is 14.8 Å². The topological polar surface area (TPSA) is 30.5 Å². The van der Waals surface area contributed by atoms with Gasteiger partial charge in [-0.05, 0) is 33.4 Å². The summed E-state index contributed by atoms with van der Waals surface area (Å²) < 4.78 is 25.0. The maximum Gasteiger partial charge on any atom is 0.169 e. The SMILES string of the molecule is CCNC(COC(C)(C)C)c1cccc(OC)c1F. The van der Waals surface area contributed by atoms with Gasteiger partial charge >= 0.3 is 0 Å². The molecule has 0 radical (unpaired) electrons. The van der Waals surface area contributed by atoms with Crippen LogP contribution in [0.25, 0.3) is 0 Å². The summed E-state index contributed by atoms with van der Waals surface area (Å²) in [6.07, 6.45) is 0. The van der Waals surface area contributed by atoms with E-state index in [1.165, 1.54) is 7.11 Å². The molecule has 0 saturated heterocycles. The highest BCUT2D eigenvalue weighted by Gasteiger charge is 2.20. The molecule has 1 unspecified atom stereocenters. The van der Waals surface area contributed by atoms with Crippen molar-refractivity contribution in [2.75, 3.05) is 20.3 Å². The lowest BCUT2D eigenvalue weighted by Gasteiger charge is -2.25. The molecule has 1 N–H and O–H groups in total. The van der Waals surface area contributed by atoms with Crippen LogP contribution in [0.15, 0.2) is 18.2 Å². The van der Waals surface area contributed by atoms with Crippen LogP contribution in [-0.4, -0.2) is 25.9 Å². The lowest BCUT2D eigenvalue weighted by Crippen LogP contribution is -2.30. The Hall–Kier alpha value is -1.13. The molecule has 0 fully saturated rings. The number of rotatable bonds is 6. The maximum atomic E-state index is 14.2. The van der Waals surface area contributed by atoms with E-state index < -0.39 is 0 Å². The number of likely N-dealkylation sites (N-methyl/N-ethyl adjacent to an activating group) is 1. The van der Waals surface area contributed by atoms with Crippen molar-refractivity contribution in [3.63, 3.8) is 0 Å². The Morgan fingerprint density at radius 1 is 1.32 bits per heavy atom. The van der Waals surface area contributed by atoms with E-state index in [0.29, 0.717) is 12.2 Å². The quantitative estimate of drug-likeness (QED) is 0.859. The van der Waals surface area contributed by atoms with Crippen molar-refractivity contribution in [2.45, 2.75) is 39.3 Å². The van der Waals surface area contributed by atoms with Gasteiger partial charge in [-0.25, -0.2) is 4.39 Å². The molecule has 4 heteroatoms. The number of benzene rings is 1. The first-order valence-corrected chi connectivity index (χ1v) is 6.58. The fourth-order valence-corrected chi connectivity index (χ4v) is 1.79. The number of hydrogen-bond acceptors (Lipinski definition) is 3. The fourth-order valence-electron chi connectivity index (χ4n) is 1.79. The van der Waals surface area contributed by atoms with Crippen molar-refractivity contribution in [3.8, 4) is 5.75 Å². The summed E-state index contributed by atoms with van der Waals surface area (Å²) in [4.78, 5) is 0. The van der Waals surface area contributed by atoms with Crippen LogP contribution in [0.4, 0.5) is 4.39 Å². The zero-order chi connectivity index (χ0) is 14.5. The normalized spacial score (nSPS) is 13.4. The molecule has 1 aromatic rings. The summed E-state index contributed by atoms with van der Waals surface area (Å²) in [6, 6.07) is 4.99.